The number of nitrogens with one attached hydrogen (secondary N) is 1. The van der Waals surface area contributed by atoms with Gasteiger partial charge in [0.1, 0.15) is 6.04 Å². The van der Waals surface area contributed by atoms with Crippen molar-refractivity contribution in [2.24, 2.45) is 0 Å². The van der Waals surface area contributed by atoms with Gasteiger partial charge in [-0.2, -0.15) is 0 Å². The summed E-state index contributed by atoms with van der Waals surface area (Å²) in [5, 5.41) is 4.70. The quantitative estimate of drug-likeness (QED) is 0.923. The molecular weight excluding hydrogens is 304 g/mol. The first-order valence-corrected chi connectivity index (χ1v) is 7.01. The van der Waals surface area contributed by atoms with Crippen molar-refractivity contribution in [3.05, 3.63) is 20.8 Å². The van der Waals surface area contributed by atoms with Gasteiger partial charge < -0.3 is 10.2 Å². The highest BCUT2D eigenvalue weighted by Gasteiger charge is 2.29. The van der Waals surface area contributed by atoms with Gasteiger partial charge in [-0.15, -0.1) is 11.3 Å². The summed E-state index contributed by atoms with van der Waals surface area (Å²) in [5.74, 6) is -0.0480. The van der Waals surface area contributed by atoms with E-state index in [1.54, 1.807) is 23.3 Å². The van der Waals surface area contributed by atoms with Gasteiger partial charge in [-0.1, -0.05) is 0 Å². The number of thiophene rings is 1. The highest BCUT2D eigenvalue weighted by Crippen LogP contribution is 2.22. The molecule has 1 aromatic rings. The number of likely N-dealkylation sites (N-methyl/N-ethyl adjacent to an activating group) is 1. The zero-order chi connectivity index (χ0) is 12.4. The first-order valence-electron chi connectivity index (χ1n) is 5.33. The smallest absolute Gasteiger partial charge is 0.245 e. The van der Waals surface area contributed by atoms with E-state index in [0.717, 1.165) is 9.35 Å². The molecule has 1 aliphatic heterocycles. The number of nitrogens with zero attached hydrogens (tertiary/aromatic N) is 1. The Morgan fingerprint density at radius 1 is 1.71 bits per heavy atom. The van der Waals surface area contributed by atoms with Crippen molar-refractivity contribution in [1.82, 2.24) is 10.2 Å². The van der Waals surface area contributed by atoms with Crippen molar-refractivity contribution in [3.63, 3.8) is 0 Å². The molecule has 1 unspecified atom stereocenters. The van der Waals surface area contributed by atoms with Crippen molar-refractivity contribution in [2.75, 3.05) is 7.05 Å². The molecule has 92 valence electrons. The zero-order valence-corrected chi connectivity index (χ0v) is 11.8. The Bertz CT molecular complexity index is 446. The number of carbonyl (C=O) groups excluding carboxylic acids is 2. The molecule has 4 nitrogen and oxygen atoms in total. The van der Waals surface area contributed by atoms with E-state index < -0.39 is 0 Å². The minimum Gasteiger partial charge on any atom is -0.344 e. The van der Waals surface area contributed by atoms with Crippen LogP contribution >= 0.6 is 27.3 Å². The number of carbonyl (C=O) groups is 2. The van der Waals surface area contributed by atoms with Crippen LogP contribution in [0.25, 0.3) is 0 Å². The fourth-order valence-corrected chi connectivity index (χ4v) is 3.05. The highest BCUT2D eigenvalue weighted by atomic mass is 79.9. The predicted octanol–water partition coefficient (Wildman–Crippen LogP) is 1.75. The lowest BCUT2D eigenvalue weighted by Gasteiger charge is -2.20. The maximum atomic E-state index is 12.0. The minimum atomic E-state index is -0.338. The van der Waals surface area contributed by atoms with Crippen LogP contribution in [-0.4, -0.2) is 29.8 Å². The lowest BCUT2D eigenvalue weighted by molar-refractivity contribution is -0.133. The van der Waals surface area contributed by atoms with Crippen LogP contribution in [0.4, 0.5) is 0 Å². The van der Waals surface area contributed by atoms with E-state index in [1.807, 2.05) is 11.4 Å². The predicted molar refractivity (Wildman–Crippen MR) is 69.7 cm³/mol. The second-order valence-corrected chi connectivity index (χ2v) is 6.40. The largest absolute Gasteiger partial charge is 0.344 e. The minimum absolute atomic E-state index is 0.0156. The third-order valence-corrected chi connectivity index (χ3v) is 4.26. The number of rotatable bonds is 3. The molecule has 0 saturated carbocycles. The van der Waals surface area contributed by atoms with Crippen molar-refractivity contribution >= 4 is 39.1 Å². The molecule has 2 heterocycles. The molecule has 0 aliphatic carbocycles. The molecule has 1 N–H and O–H groups in total. The van der Waals surface area contributed by atoms with E-state index >= 15 is 0 Å². The van der Waals surface area contributed by atoms with Crippen LogP contribution in [-0.2, 0) is 16.1 Å². The SMILES string of the molecule is CN(Cc1csc(Br)c1)C(=O)C1CCC(=O)N1. The van der Waals surface area contributed by atoms with Crippen LogP contribution < -0.4 is 5.32 Å². The van der Waals surface area contributed by atoms with Gasteiger partial charge in [-0.05, 0) is 39.4 Å². The van der Waals surface area contributed by atoms with E-state index in [9.17, 15) is 9.59 Å². The molecule has 0 bridgehead atoms. The third-order valence-electron chi connectivity index (χ3n) is 2.71. The van der Waals surface area contributed by atoms with Gasteiger partial charge in [0.25, 0.3) is 0 Å². The Kier molecular flexibility index (Phi) is 3.83. The van der Waals surface area contributed by atoms with Gasteiger partial charge in [-0.3, -0.25) is 9.59 Å². The average Bonchev–Trinajstić information content (AvgIpc) is 2.87. The second kappa shape index (κ2) is 5.18. The molecular formula is C11H13BrN2O2S. The Hall–Kier alpha value is -0.880. The maximum absolute atomic E-state index is 12.0. The van der Waals surface area contributed by atoms with E-state index in [-0.39, 0.29) is 17.9 Å². The molecule has 2 rings (SSSR count). The topological polar surface area (TPSA) is 49.4 Å². The first-order chi connectivity index (χ1) is 8.06. The van der Waals surface area contributed by atoms with Gasteiger partial charge >= 0.3 is 0 Å². The summed E-state index contributed by atoms with van der Waals surface area (Å²) in [5.41, 5.74) is 1.10. The molecule has 1 fully saturated rings. The first kappa shape index (κ1) is 12.6. The average molecular weight is 317 g/mol. The molecule has 1 saturated heterocycles. The zero-order valence-electron chi connectivity index (χ0n) is 9.40. The summed E-state index contributed by atoms with van der Waals surface area (Å²) in [6, 6.07) is 1.66. The van der Waals surface area contributed by atoms with Crippen molar-refractivity contribution in [3.8, 4) is 0 Å². The summed E-state index contributed by atoms with van der Waals surface area (Å²) >= 11 is 4.99. The molecule has 6 heteroatoms. The molecule has 0 aromatic carbocycles. The van der Waals surface area contributed by atoms with E-state index in [0.29, 0.717) is 19.4 Å². The van der Waals surface area contributed by atoms with Gasteiger partial charge in [-0.25, -0.2) is 0 Å². The number of amides is 2. The molecule has 0 spiro atoms. The van der Waals surface area contributed by atoms with Crippen LogP contribution in [0, 0.1) is 0 Å². The molecule has 1 aliphatic rings. The lowest BCUT2D eigenvalue weighted by atomic mass is 10.2. The molecule has 1 aromatic heterocycles. The Morgan fingerprint density at radius 2 is 2.47 bits per heavy atom. The second-order valence-electron chi connectivity index (χ2n) is 4.11. The number of hydrogen-bond donors (Lipinski definition) is 1. The molecule has 1 atom stereocenters. The van der Waals surface area contributed by atoms with Crippen LogP contribution in [0.15, 0.2) is 15.2 Å². The Morgan fingerprint density at radius 3 is 3.00 bits per heavy atom. The summed E-state index contributed by atoms with van der Waals surface area (Å²) in [6.07, 6.45) is 1.06. The normalized spacial score (nSPS) is 19.2. The fourth-order valence-electron chi connectivity index (χ4n) is 1.85. The summed E-state index contributed by atoms with van der Waals surface area (Å²) in [7, 11) is 1.76. The van der Waals surface area contributed by atoms with Crippen molar-refractivity contribution in [1.29, 1.82) is 0 Å². The van der Waals surface area contributed by atoms with E-state index in [2.05, 4.69) is 21.2 Å². The summed E-state index contributed by atoms with van der Waals surface area (Å²) < 4.78 is 1.06. The summed E-state index contributed by atoms with van der Waals surface area (Å²) in [4.78, 5) is 24.7. The molecule has 2 amide bonds. The van der Waals surface area contributed by atoms with E-state index in [1.165, 1.54) is 0 Å². The van der Waals surface area contributed by atoms with Gasteiger partial charge in [0, 0.05) is 20.0 Å². The fraction of sp³-hybridized carbons (Fsp3) is 0.455. The molecule has 17 heavy (non-hydrogen) atoms. The van der Waals surface area contributed by atoms with Crippen molar-refractivity contribution in [2.45, 2.75) is 25.4 Å². The Balaban J connectivity index is 1.93. The van der Waals surface area contributed by atoms with E-state index in [4.69, 9.17) is 0 Å². The lowest BCUT2D eigenvalue weighted by Crippen LogP contribution is -2.42. The standard InChI is InChI=1S/C11H13BrN2O2S/c1-14(5-7-4-9(12)17-6-7)11(16)8-2-3-10(15)13-8/h4,6,8H,2-3,5H2,1H3,(H,13,15). The molecule has 0 radical (unpaired) electrons. The van der Waals surface area contributed by atoms with Gasteiger partial charge in [0.05, 0.1) is 3.79 Å². The number of hydrogen-bond acceptors (Lipinski definition) is 3. The number of halogens is 1. The van der Waals surface area contributed by atoms with Crippen molar-refractivity contribution < 1.29 is 9.59 Å². The van der Waals surface area contributed by atoms with Gasteiger partial charge in [0.2, 0.25) is 11.8 Å². The van der Waals surface area contributed by atoms with Crippen LogP contribution in [0.2, 0.25) is 0 Å². The highest BCUT2D eigenvalue weighted by molar-refractivity contribution is 9.11. The van der Waals surface area contributed by atoms with Gasteiger partial charge in [0.15, 0.2) is 0 Å². The van der Waals surface area contributed by atoms with Crippen LogP contribution in [0.1, 0.15) is 18.4 Å². The maximum Gasteiger partial charge on any atom is 0.245 e. The van der Waals surface area contributed by atoms with Crippen LogP contribution in [0.5, 0.6) is 0 Å². The monoisotopic (exact) mass is 316 g/mol. The Labute approximate surface area is 112 Å². The summed E-state index contributed by atoms with van der Waals surface area (Å²) in [6.45, 7) is 0.577. The third kappa shape index (κ3) is 3.07. The van der Waals surface area contributed by atoms with Crippen LogP contribution in [0.3, 0.4) is 0 Å².